The Balaban J connectivity index is 1.27. The highest BCUT2D eigenvalue weighted by Crippen LogP contribution is 2.53. The summed E-state index contributed by atoms with van der Waals surface area (Å²) < 4.78 is 7.83. The zero-order chi connectivity index (χ0) is 22.7. The highest BCUT2D eigenvalue weighted by Gasteiger charge is 2.60. The van der Waals surface area contributed by atoms with Crippen LogP contribution >= 0.6 is 0 Å². The van der Waals surface area contributed by atoms with Gasteiger partial charge >= 0.3 is 0 Å². The van der Waals surface area contributed by atoms with Crippen molar-refractivity contribution in [3.63, 3.8) is 0 Å². The van der Waals surface area contributed by atoms with Gasteiger partial charge in [-0.2, -0.15) is 5.10 Å². The summed E-state index contributed by atoms with van der Waals surface area (Å²) in [6, 6.07) is 17.6. The number of anilines is 1. The van der Waals surface area contributed by atoms with Crippen molar-refractivity contribution in [2.45, 2.75) is 26.8 Å². The molecule has 1 aliphatic heterocycles. The molecule has 6 nitrogen and oxygen atoms in total. The third-order valence-electron chi connectivity index (χ3n) is 7.25. The van der Waals surface area contributed by atoms with E-state index in [1.54, 1.807) is 0 Å². The lowest BCUT2D eigenvalue weighted by Gasteiger charge is -2.18. The van der Waals surface area contributed by atoms with E-state index in [4.69, 9.17) is 9.84 Å². The Bertz CT molecular complexity index is 1260. The number of rotatable bonds is 5. The standard InChI is InChI=1S/C27H25N3O3/c1-16-25(30-26(31)23-19-11-12-20(14-19)24(23)27(30)32)17(2)29(28-16)15-18-7-6-10-22(13-18)33-21-8-4-3-5-9-21/h3-13,19-20,23-24H,14-15H2,1-2H3. The molecule has 2 aromatic carbocycles. The number of carbonyl (C=O) groups is 2. The summed E-state index contributed by atoms with van der Waals surface area (Å²) in [5, 5.41) is 4.69. The van der Waals surface area contributed by atoms with Gasteiger partial charge in [0, 0.05) is 0 Å². The van der Waals surface area contributed by atoms with Gasteiger partial charge in [-0.1, -0.05) is 42.5 Å². The Morgan fingerprint density at radius 3 is 2.27 bits per heavy atom. The average molecular weight is 440 g/mol. The maximum Gasteiger partial charge on any atom is 0.238 e. The lowest BCUT2D eigenvalue weighted by Crippen LogP contribution is -2.33. The zero-order valence-electron chi connectivity index (χ0n) is 18.6. The van der Waals surface area contributed by atoms with E-state index < -0.39 is 0 Å². The molecule has 1 saturated heterocycles. The quantitative estimate of drug-likeness (QED) is 0.429. The Morgan fingerprint density at radius 1 is 0.909 bits per heavy atom. The maximum atomic E-state index is 13.3. The molecule has 0 radical (unpaired) electrons. The van der Waals surface area contributed by atoms with Crippen molar-refractivity contribution in [3.8, 4) is 11.5 Å². The minimum Gasteiger partial charge on any atom is -0.457 e. The summed E-state index contributed by atoms with van der Waals surface area (Å²) in [5.74, 6) is 1.39. The molecule has 3 aliphatic rings. The van der Waals surface area contributed by atoms with E-state index in [0.29, 0.717) is 17.9 Å². The smallest absolute Gasteiger partial charge is 0.238 e. The lowest BCUT2D eigenvalue weighted by atomic mass is 9.85. The maximum absolute atomic E-state index is 13.3. The van der Waals surface area contributed by atoms with E-state index in [-0.39, 0.29) is 35.5 Å². The van der Waals surface area contributed by atoms with E-state index in [0.717, 1.165) is 29.2 Å². The van der Waals surface area contributed by atoms with Gasteiger partial charge in [0.05, 0.1) is 35.5 Å². The van der Waals surface area contributed by atoms with Crippen LogP contribution in [0.1, 0.15) is 23.4 Å². The molecule has 2 heterocycles. The highest BCUT2D eigenvalue weighted by molar-refractivity contribution is 6.23. The van der Waals surface area contributed by atoms with Crippen LogP contribution in [0.2, 0.25) is 0 Å². The second kappa shape index (κ2) is 7.44. The van der Waals surface area contributed by atoms with Crippen LogP contribution in [-0.2, 0) is 16.1 Å². The van der Waals surface area contributed by atoms with Gasteiger partial charge in [-0.05, 0) is 61.9 Å². The number of hydrogen-bond donors (Lipinski definition) is 0. The van der Waals surface area contributed by atoms with Gasteiger partial charge in [0.15, 0.2) is 0 Å². The van der Waals surface area contributed by atoms with E-state index >= 15 is 0 Å². The van der Waals surface area contributed by atoms with Crippen LogP contribution in [0.4, 0.5) is 5.69 Å². The molecule has 1 aromatic heterocycles. The number of amides is 2. The van der Waals surface area contributed by atoms with Gasteiger partial charge in [0.2, 0.25) is 11.8 Å². The largest absolute Gasteiger partial charge is 0.457 e. The van der Waals surface area contributed by atoms with E-state index in [1.807, 2.05) is 73.1 Å². The van der Waals surface area contributed by atoms with Crippen LogP contribution in [0.5, 0.6) is 11.5 Å². The van der Waals surface area contributed by atoms with Crippen LogP contribution < -0.4 is 9.64 Å². The van der Waals surface area contributed by atoms with Crippen molar-refractivity contribution >= 4 is 17.5 Å². The molecule has 6 heteroatoms. The zero-order valence-corrected chi connectivity index (χ0v) is 18.6. The molecule has 2 fully saturated rings. The molecule has 2 bridgehead atoms. The average Bonchev–Trinajstić information content (AvgIpc) is 3.54. The molecule has 33 heavy (non-hydrogen) atoms. The number of nitrogens with zero attached hydrogens (tertiary/aromatic N) is 3. The van der Waals surface area contributed by atoms with Crippen LogP contribution in [0.25, 0.3) is 0 Å². The predicted molar refractivity (Wildman–Crippen MR) is 124 cm³/mol. The second-order valence-corrected chi connectivity index (χ2v) is 9.25. The first-order chi connectivity index (χ1) is 16.0. The lowest BCUT2D eigenvalue weighted by molar-refractivity contribution is -0.123. The van der Waals surface area contributed by atoms with Gasteiger partial charge in [0.1, 0.15) is 11.5 Å². The Kier molecular flexibility index (Phi) is 4.50. The Morgan fingerprint density at radius 2 is 1.58 bits per heavy atom. The van der Waals surface area contributed by atoms with Crippen molar-refractivity contribution in [3.05, 3.63) is 83.7 Å². The normalized spacial score (nSPS) is 25.2. The molecular formula is C27H25N3O3. The van der Waals surface area contributed by atoms with E-state index in [2.05, 4.69) is 12.2 Å². The van der Waals surface area contributed by atoms with Gasteiger partial charge in [-0.15, -0.1) is 0 Å². The number of imide groups is 1. The van der Waals surface area contributed by atoms with Crippen molar-refractivity contribution in [1.82, 2.24) is 9.78 Å². The monoisotopic (exact) mass is 439 g/mol. The molecule has 2 amide bonds. The fourth-order valence-corrected chi connectivity index (χ4v) is 5.79. The third-order valence-corrected chi connectivity index (χ3v) is 7.25. The number of hydrogen-bond acceptors (Lipinski definition) is 4. The summed E-state index contributed by atoms with van der Waals surface area (Å²) in [4.78, 5) is 28.0. The van der Waals surface area contributed by atoms with Gasteiger partial charge in [-0.3, -0.25) is 14.3 Å². The topological polar surface area (TPSA) is 64.4 Å². The van der Waals surface area contributed by atoms with E-state index in [1.165, 1.54) is 4.90 Å². The third kappa shape index (κ3) is 3.12. The molecule has 0 N–H and O–H groups in total. The fourth-order valence-electron chi connectivity index (χ4n) is 5.79. The number of allylic oxidation sites excluding steroid dienone is 2. The molecule has 1 saturated carbocycles. The summed E-state index contributed by atoms with van der Waals surface area (Å²) in [7, 11) is 0. The molecule has 4 unspecified atom stereocenters. The number of aromatic nitrogens is 2. The first kappa shape index (κ1) is 20.0. The number of aryl methyl sites for hydroxylation is 1. The van der Waals surface area contributed by atoms with E-state index in [9.17, 15) is 9.59 Å². The fraction of sp³-hybridized carbons (Fsp3) is 0.296. The van der Waals surface area contributed by atoms with Gasteiger partial charge in [-0.25, -0.2) is 4.90 Å². The minimum absolute atomic E-state index is 0.0640. The van der Waals surface area contributed by atoms with Crippen LogP contribution in [-0.4, -0.2) is 21.6 Å². The molecule has 4 atom stereocenters. The Labute approximate surface area is 192 Å². The summed E-state index contributed by atoms with van der Waals surface area (Å²) in [5.41, 5.74) is 3.20. The first-order valence-corrected chi connectivity index (χ1v) is 11.4. The van der Waals surface area contributed by atoms with Gasteiger partial charge < -0.3 is 4.74 Å². The minimum atomic E-state index is -0.207. The second-order valence-electron chi connectivity index (χ2n) is 9.25. The molecule has 2 aliphatic carbocycles. The predicted octanol–water partition coefficient (Wildman–Crippen LogP) is 4.65. The number of ether oxygens (including phenoxy) is 1. The number of para-hydroxylation sites is 1. The molecule has 6 rings (SSSR count). The van der Waals surface area contributed by atoms with Gasteiger partial charge in [0.25, 0.3) is 0 Å². The molecular weight excluding hydrogens is 414 g/mol. The summed E-state index contributed by atoms with van der Waals surface area (Å²) in [6.45, 7) is 4.32. The number of fused-ring (bicyclic) bond motifs is 5. The van der Waals surface area contributed by atoms with Crippen LogP contribution in [0.15, 0.2) is 66.7 Å². The molecule has 3 aromatic rings. The summed E-state index contributed by atoms with van der Waals surface area (Å²) in [6.07, 6.45) is 5.17. The SMILES string of the molecule is Cc1nn(Cc2cccc(Oc3ccccc3)c2)c(C)c1N1C(=O)C2C3C=CC(C3)C2C1=O. The van der Waals surface area contributed by atoms with Crippen LogP contribution in [0.3, 0.4) is 0 Å². The first-order valence-electron chi connectivity index (χ1n) is 11.4. The van der Waals surface area contributed by atoms with Crippen LogP contribution in [0, 0.1) is 37.5 Å². The molecule has 0 spiro atoms. The molecule has 166 valence electrons. The van der Waals surface area contributed by atoms with Crippen molar-refractivity contribution in [1.29, 1.82) is 0 Å². The van der Waals surface area contributed by atoms with Crippen molar-refractivity contribution in [2.24, 2.45) is 23.7 Å². The van der Waals surface area contributed by atoms with Crippen molar-refractivity contribution in [2.75, 3.05) is 4.90 Å². The highest BCUT2D eigenvalue weighted by atomic mass is 16.5. The summed E-state index contributed by atoms with van der Waals surface area (Å²) >= 11 is 0. The number of carbonyl (C=O) groups excluding carboxylic acids is 2. The van der Waals surface area contributed by atoms with Crippen molar-refractivity contribution < 1.29 is 14.3 Å². The Hall–Kier alpha value is -3.67. The number of benzene rings is 2.